The second kappa shape index (κ2) is 25.6. The molecule has 0 bridgehead atoms. The van der Waals surface area contributed by atoms with E-state index in [4.69, 9.17) is 28.4 Å². The van der Waals surface area contributed by atoms with E-state index in [1.54, 1.807) is 72.7 Å². The lowest BCUT2D eigenvalue weighted by Gasteiger charge is -2.49. The van der Waals surface area contributed by atoms with E-state index in [-0.39, 0.29) is 54.4 Å². The molecule has 5 rings (SSSR count). The summed E-state index contributed by atoms with van der Waals surface area (Å²) >= 11 is 0. The second-order valence-electron chi connectivity index (χ2n) is 23.4. The van der Waals surface area contributed by atoms with Crippen LogP contribution in [-0.4, -0.2) is 204 Å². The van der Waals surface area contributed by atoms with E-state index in [1.807, 2.05) is 37.7 Å². The molecule has 1 aliphatic carbocycles. The smallest absolute Gasteiger partial charge is 0.311 e. The van der Waals surface area contributed by atoms with Crippen molar-refractivity contribution in [1.82, 2.24) is 15.1 Å². The van der Waals surface area contributed by atoms with E-state index < -0.39 is 124 Å². The monoisotopic (exact) mass is 1070 g/mol. The molecule has 1 unspecified atom stereocenters. The molecule has 20 heteroatoms. The molecule has 4 fully saturated rings. The first-order valence-electron chi connectivity index (χ1n) is 26.9. The van der Waals surface area contributed by atoms with Crippen molar-refractivity contribution in [2.45, 2.75) is 222 Å². The molecule has 21 atom stereocenters. The van der Waals surface area contributed by atoms with Crippen LogP contribution in [0.4, 0.5) is 0 Å². The van der Waals surface area contributed by atoms with Gasteiger partial charge in [-0.05, 0) is 137 Å². The van der Waals surface area contributed by atoms with Gasteiger partial charge in [0.05, 0.1) is 59.1 Å². The minimum Gasteiger partial charge on any atom is -0.459 e. The van der Waals surface area contributed by atoms with Gasteiger partial charge >= 0.3 is 5.97 Å². The van der Waals surface area contributed by atoms with Crippen molar-refractivity contribution in [3.05, 3.63) is 29.8 Å². The van der Waals surface area contributed by atoms with Crippen molar-refractivity contribution in [1.29, 1.82) is 0 Å². The topological polar surface area (TPSA) is 264 Å². The molecular weight excluding hydrogens is 979 g/mol. The Morgan fingerprint density at radius 1 is 0.973 bits per heavy atom. The third-order valence-corrected chi connectivity index (χ3v) is 18.0. The third kappa shape index (κ3) is 15.2. The largest absolute Gasteiger partial charge is 0.459 e. The van der Waals surface area contributed by atoms with Gasteiger partial charge in [0, 0.05) is 56.8 Å². The van der Waals surface area contributed by atoms with Gasteiger partial charge in [0.25, 0.3) is 0 Å². The predicted molar refractivity (Wildman–Crippen MR) is 276 cm³/mol. The SMILES string of the molecule is CC[C@H]1OC(=O)[C@H](C)[C@@H](O[C@H]2C[C@@](C)(OC)[C@@H](O)[C@H](C)O2)[C@H](C)[C@@H](O[C@@H]2O[C@H](C)C[C@H](N(C)CC3C[C@H]3C(=O)N[C@H](CO)CCCc3ccc(S(C)(=O)=O)cc3)[C@H]2O)[C@](C)(O)C[C@@H](C)CN(C)[C@H](C)[C@@H](O)[C@]1(C)O. The number of methoxy groups -OCH3 is 1. The van der Waals surface area contributed by atoms with E-state index in [2.05, 4.69) is 5.32 Å². The van der Waals surface area contributed by atoms with Gasteiger partial charge in [0.2, 0.25) is 5.91 Å². The number of aryl methyl sites for hydroxylation is 1. The molecule has 3 heterocycles. The number of esters is 1. The van der Waals surface area contributed by atoms with Gasteiger partial charge < -0.3 is 74.2 Å². The Labute approximate surface area is 440 Å². The molecule has 1 aromatic rings. The molecule has 0 spiro atoms. The average molecular weight is 1070 g/mol. The summed E-state index contributed by atoms with van der Waals surface area (Å²) in [4.78, 5) is 32.2. The lowest BCUT2D eigenvalue weighted by molar-refractivity contribution is -0.318. The Morgan fingerprint density at radius 2 is 1.62 bits per heavy atom. The van der Waals surface area contributed by atoms with Crippen LogP contribution < -0.4 is 5.32 Å². The number of benzene rings is 1. The molecule has 1 saturated carbocycles. The summed E-state index contributed by atoms with van der Waals surface area (Å²) < 4.78 is 61.9. The van der Waals surface area contributed by atoms with E-state index in [0.29, 0.717) is 45.2 Å². The maximum Gasteiger partial charge on any atom is 0.311 e. The number of aliphatic hydroxyl groups is 6. The van der Waals surface area contributed by atoms with Crippen LogP contribution in [-0.2, 0) is 54.3 Å². The van der Waals surface area contributed by atoms with Gasteiger partial charge in [0.15, 0.2) is 22.4 Å². The molecule has 426 valence electrons. The number of likely N-dealkylation sites (N-methyl/N-ethyl adjacent to an activating group) is 2. The minimum absolute atomic E-state index is 0.00799. The molecule has 0 aromatic heterocycles. The number of rotatable bonds is 17. The van der Waals surface area contributed by atoms with E-state index in [1.165, 1.54) is 20.3 Å². The number of ether oxygens (including phenoxy) is 6. The lowest BCUT2D eigenvalue weighted by Crippen LogP contribution is -2.61. The van der Waals surface area contributed by atoms with Crippen LogP contribution in [0.5, 0.6) is 0 Å². The van der Waals surface area contributed by atoms with E-state index >= 15 is 0 Å². The number of aliphatic hydroxyl groups excluding tert-OH is 4. The quantitative estimate of drug-likeness (QED) is 0.111. The maximum atomic E-state index is 14.5. The van der Waals surface area contributed by atoms with Gasteiger partial charge in [-0.2, -0.15) is 0 Å². The Kier molecular flexibility index (Phi) is 21.6. The molecular formula is C54H93N3O16S. The molecule has 7 N–H and O–H groups in total. The van der Waals surface area contributed by atoms with Crippen molar-refractivity contribution in [3.8, 4) is 0 Å². The van der Waals surface area contributed by atoms with Crippen molar-refractivity contribution in [2.24, 2.45) is 29.6 Å². The van der Waals surface area contributed by atoms with E-state index in [9.17, 15) is 48.6 Å². The zero-order valence-electron chi connectivity index (χ0n) is 46.5. The highest BCUT2D eigenvalue weighted by Gasteiger charge is 2.53. The van der Waals surface area contributed by atoms with Crippen LogP contribution in [0, 0.1) is 29.6 Å². The summed E-state index contributed by atoms with van der Waals surface area (Å²) in [5, 5.41) is 72.9. The van der Waals surface area contributed by atoms with Crippen molar-refractivity contribution in [3.63, 3.8) is 0 Å². The first-order valence-corrected chi connectivity index (χ1v) is 28.7. The highest BCUT2D eigenvalue weighted by atomic mass is 32.2. The summed E-state index contributed by atoms with van der Waals surface area (Å²) in [5.74, 6) is -3.32. The standard InChI is InChI=1S/C54H93N3O16S/c1-15-42-54(10,65)46(60)34(6)56(11)27-30(2)25-52(8,64)48(32(4)45(33(5)50(63)71-42)72-43-26-53(9,68-13)47(61)35(7)70-43)73-51-44(59)41(23-31(3)69-51)57(12)28-37-24-40(37)49(62)55-38(29-58)18-16-17-36-19-21-39(22-20-36)74(14,66)67/h19-22,30-35,37-38,40-48,51,58-61,64-65H,15-18,23-29H2,1-14H3,(H,55,62)/t30-,31-,32+,33-,34-,35+,37?,38+,40-,41+,42-,43+,44-,45+,46-,47+,48-,51+,52-,53-,54-/m1/s1. The Balaban J connectivity index is 1.36. The normalized spacial score (nSPS) is 41.7. The average Bonchev–Trinajstić information content (AvgIpc) is 4.10. The molecule has 3 aliphatic heterocycles. The zero-order valence-corrected chi connectivity index (χ0v) is 47.4. The molecule has 0 radical (unpaired) electrons. The first-order chi connectivity index (χ1) is 34.4. The van der Waals surface area contributed by atoms with Gasteiger partial charge in [-0.3, -0.25) is 9.59 Å². The van der Waals surface area contributed by atoms with Crippen molar-refractivity contribution >= 4 is 21.7 Å². The summed E-state index contributed by atoms with van der Waals surface area (Å²) in [6, 6.07) is 5.20. The van der Waals surface area contributed by atoms with Crippen LogP contribution in [0.2, 0.25) is 0 Å². The van der Waals surface area contributed by atoms with Crippen molar-refractivity contribution in [2.75, 3.05) is 47.2 Å². The first kappa shape index (κ1) is 62.4. The Morgan fingerprint density at radius 3 is 2.22 bits per heavy atom. The Hall–Kier alpha value is -2.41. The van der Waals surface area contributed by atoms with Gasteiger partial charge in [0.1, 0.15) is 30.0 Å². The number of amides is 1. The maximum absolute atomic E-state index is 14.5. The number of hydrogen-bond acceptors (Lipinski definition) is 18. The number of nitrogens with one attached hydrogen (secondary N) is 1. The fraction of sp³-hybridized carbons (Fsp3) is 0.852. The van der Waals surface area contributed by atoms with E-state index in [0.717, 1.165) is 5.56 Å². The predicted octanol–water partition coefficient (Wildman–Crippen LogP) is 2.81. The summed E-state index contributed by atoms with van der Waals surface area (Å²) in [5.41, 5.74) is -3.64. The van der Waals surface area contributed by atoms with Gasteiger partial charge in [-0.1, -0.05) is 32.9 Å². The highest BCUT2D eigenvalue weighted by molar-refractivity contribution is 7.90. The number of carbonyl (C=O) groups excluding carboxylic acids is 2. The number of cyclic esters (lactones) is 1. The van der Waals surface area contributed by atoms with Crippen LogP contribution >= 0.6 is 0 Å². The fourth-order valence-electron chi connectivity index (χ4n) is 11.9. The number of sulfone groups is 1. The number of nitrogens with zero attached hydrogens (tertiary/aromatic N) is 2. The van der Waals surface area contributed by atoms with Gasteiger partial charge in [-0.15, -0.1) is 0 Å². The fourth-order valence-corrected chi connectivity index (χ4v) is 12.5. The van der Waals surface area contributed by atoms with Crippen molar-refractivity contribution < 1.29 is 77.1 Å². The minimum atomic E-state index is -3.30. The van der Waals surface area contributed by atoms with Crippen LogP contribution in [0.25, 0.3) is 0 Å². The Bertz CT molecular complexity index is 2080. The molecule has 1 amide bonds. The number of hydrogen-bond donors (Lipinski definition) is 7. The molecule has 19 nitrogen and oxygen atoms in total. The highest BCUT2D eigenvalue weighted by Crippen LogP contribution is 2.43. The van der Waals surface area contributed by atoms with Crippen LogP contribution in [0.1, 0.15) is 120 Å². The molecule has 1 aromatic carbocycles. The molecule has 3 saturated heterocycles. The summed E-state index contributed by atoms with van der Waals surface area (Å²) in [6.07, 6.45) is -5.83. The zero-order chi connectivity index (χ0) is 55.4. The number of carbonyl (C=O) groups is 2. The summed E-state index contributed by atoms with van der Waals surface area (Å²) in [6.45, 7) is 18.0. The molecule has 74 heavy (non-hydrogen) atoms. The van der Waals surface area contributed by atoms with Crippen LogP contribution in [0.3, 0.4) is 0 Å². The second-order valence-corrected chi connectivity index (χ2v) is 25.5. The molecule has 4 aliphatic rings. The summed E-state index contributed by atoms with van der Waals surface area (Å²) in [7, 11) is 1.91. The van der Waals surface area contributed by atoms with Crippen LogP contribution in [0.15, 0.2) is 29.2 Å². The third-order valence-electron chi connectivity index (χ3n) is 16.8. The van der Waals surface area contributed by atoms with Gasteiger partial charge in [-0.25, -0.2) is 8.42 Å². The lowest BCUT2D eigenvalue weighted by atomic mass is 9.77.